The van der Waals surface area contributed by atoms with Crippen LogP contribution in [-0.4, -0.2) is 12.1 Å². The fourth-order valence-electron chi connectivity index (χ4n) is 2.46. The molecule has 0 aliphatic carbocycles. The van der Waals surface area contributed by atoms with E-state index in [-0.39, 0.29) is 18.0 Å². The zero-order valence-electron chi connectivity index (χ0n) is 12.5. The second kappa shape index (κ2) is 6.44. The minimum atomic E-state index is -0.252. The summed E-state index contributed by atoms with van der Waals surface area (Å²) in [6.45, 7) is 2.04. The highest BCUT2D eigenvalue weighted by molar-refractivity contribution is 5.84. The Bertz CT molecular complexity index is 696. The van der Waals surface area contributed by atoms with Crippen LogP contribution in [0.1, 0.15) is 12.5 Å². The van der Waals surface area contributed by atoms with Crippen molar-refractivity contribution in [3.63, 3.8) is 0 Å². The number of carbonyl (C=O) groups excluding carboxylic acids is 1. The van der Waals surface area contributed by atoms with E-state index < -0.39 is 0 Å². The van der Waals surface area contributed by atoms with Gasteiger partial charge in [-0.3, -0.25) is 0 Å². The van der Waals surface area contributed by atoms with E-state index in [9.17, 15) is 4.79 Å². The van der Waals surface area contributed by atoms with Gasteiger partial charge in [0.05, 0.1) is 0 Å². The van der Waals surface area contributed by atoms with Gasteiger partial charge in [-0.05, 0) is 22.8 Å². The van der Waals surface area contributed by atoms with Crippen molar-refractivity contribution in [1.82, 2.24) is 0 Å². The van der Waals surface area contributed by atoms with Gasteiger partial charge in [0.2, 0.25) is 0 Å². The molecule has 2 nitrogen and oxygen atoms in total. The molecule has 1 heterocycles. The highest BCUT2D eigenvalue weighted by atomic mass is 16.5. The molecule has 0 bridgehead atoms. The van der Waals surface area contributed by atoms with E-state index in [0.717, 1.165) is 5.56 Å². The Hall–Kier alpha value is -2.61. The van der Waals surface area contributed by atoms with Gasteiger partial charge in [-0.2, -0.15) is 0 Å². The lowest BCUT2D eigenvalue weighted by Crippen LogP contribution is -2.15. The first-order chi connectivity index (χ1) is 10.7. The van der Waals surface area contributed by atoms with Gasteiger partial charge in [0.25, 0.3) is 0 Å². The minimum Gasteiger partial charge on any atom is -0.454 e. The number of hydrogen-bond donors (Lipinski definition) is 0. The van der Waals surface area contributed by atoms with Gasteiger partial charge >= 0.3 is 5.97 Å². The van der Waals surface area contributed by atoms with Crippen LogP contribution in [0.5, 0.6) is 0 Å². The molecule has 2 unspecified atom stereocenters. The fraction of sp³-hybridized carbons (Fsp3) is 0.150. The SMILES string of the molecule is CC(/C=C/c1ccc(-c2ccccc2)cc1)C1C=CC(=O)O1. The maximum Gasteiger partial charge on any atom is 0.331 e. The van der Waals surface area contributed by atoms with Gasteiger partial charge < -0.3 is 4.74 Å². The van der Waals surface area contributed by atoms with Crippen LogP contribution < -0.4 is 0 Å². The Morgan fingerprint density at radius 2 is 1.68 bits per heavy atom. The second-order valence-electron chi connectivity index (χ2n) is 5.47. The lowest BCUT2D eigenvalue weighted by molar-refractivity contribution is -0.139. The van der Waals surface area contributed by atoms with Crippen molar-refractivity contribution < 1.29 is 9.53 Å². The van der Waals surface area contributed by atoms with Crippen LogP contribution in [0, 0.1) is 5.92 Å². The zero-order valence-corrected chi connectivity index (χ0v) is 12.5. The van der Waals surface area contributed by atoms with Crippen molar-refractivity contribution in [3.05, 3.63) is 78.4 Å². The highest BCUT2D eigenvalue weighted by Gasteiger charge is 2.20. The van der Waals surface area contributed by atoms with Crippen molar-refractivity contribution >= 4 is 12.0 Å². The van der Waals surface area contributed by atoms with Crippen LogP contribution in [0.4, 0.5) is 0 Å². The van der Waals surface area contributed by atoms with Crippen molar-refractivity contribution in [2.45, 2.75) is 13.0 Å². The van der Waals surface area contributed by atoms with Crippen LogP contribution >= 0.6 is 0 Å². The highest BCUT2D eigenvalue weighted by Crippen LogP contribution is 2.21. The number of ether oxygens (including phenoxy) is 1. The maximum absolute atomic E-state index is 11.1. The predicted molar refractivity (Wildman–Crippen MR) is 89.1 cm³/mol. The number of hydrogen-bond acceptors (Lipinski definition) is 2. The zero-order chi connectivity index (χ0) is 15.4. The maximum atomic E-state index is 11.1. The van der Waals surface area contributed by atoms with Gasteiger partial charge in [0.15, 0.2) is 0 Å². The smallest absolute Gasteiger partial charge is 0.331 e. The van der Waals surface area contributed by atoms with Gasteiger partial charge in [-0.1, -0.05) is 73.7 Å². The summed E-state index contributed by atoms with van der Waals surface area (Å²) in [4.78, 5) is 11.1. The molecule has 2 aromatic carbocycles. The number of rotatable bonds is 4. The third kappa shape index (κ3) is 3.34. The molecule has 0 N–H and O–H groups in total. The van der Waals surface area contributed by atoms with Gasteiger partial charge in [0, 0.05) is 12.0 Å². The summed E-state index contributed by atoms with van der Waals surface area (Å²) in [7, 11) is 0. The van der Waals surface area contributed by atoms with Gasteiger partial charge in [-0.15, -0.1) is 0 Å². The van der Waals surface area contributed by atoms with Crippen LogP contribution in [0.2, 0.25) is 0 Å². The monoisotopic (exact) mass is 290 g/mol. The Morgan fingerprint density at radius 1 is 1.00 bits per heavy atom. The summed E-state index contributed by atoms with van der Waals surface area (Å²) >= 11 is 0. The molecule has 0 spiro atoms. The Balaban J connectivity index is 1.67. The molecule has 0 fully saturated rings. The average Bonchev–Trinajstić information content (AvgIpc) is 3.00. The first-order valence-corrected chi connectivity index (χ1v) is 7.45. The summed E-state index contributed by atoms with van der Waals surface area (Å²) in [5, 5.41) is 0. The van der Waals surface area contributed by atoms with Gasteiger partial charge in [0.1, 0.15) is 6.10 Å². The van der Waals surface area contributed by atoms with Crippen LogP contribution in [-0.2, 0) is 9.53 Å². The van der Waals surface area contributed by atoms with E-state index in [2.05, 4.69) is 48.6 Å². The van der Waals surface area contributed by atoms with Crippen molar-refractivity contribution in [3.8, 4) is 11.1 Å². The van der Waals surface area contributed by atoms with Crippen molar-refractivity contribution in [1.29, 1.82) is 0 Å². The Kier molecular flexibility index (Phi) is 4.19. The number of esters is 1. The molecule has 2 heteroatoms. The summed E-state index contributed by atoms with van der Waals surface area (Å²) in [5.41, 5.74) is 3.56. The van der Waals surface area contributed by atoms with E-state index in [1.165, 1.54) is 17.2 Å². The van der Waals surface area contributed by atoms with Crippen molar-refractivity contribution in [2.24, 2.45) is 5.92 Å². The van der Waals surface area contributed by atoms with E-state index in [4.69, 9.17) is 4.74 Å². The molecule has 1 aliphatic rings. The fourth-order valence-corrected chi connectivity index (χ4v) is 2.46. The molecule has 1 aliphatic heterocycles. The van der Waals surface area contributed by atoms with Crippen LogP contribution in [0.15, 0.2) is 72.8 Å². The molecule has 0 radical (unpaired) electrons. The molecule has 0 saturated heterocycles. The minimum absolute atomic E-state index is 0.146. The lowest BCUT2D eigenvalue weighted by Gasteiger charge is -2.13. The van der Waals surface area contributed by atoms with Crippen LogP contribution in [0.3, 0.4) is 0 Å². The molecule has 110 valence electrons. The predicted octanol–water partition coefficient (Wildman–Crippen LogP) is 4.48. The lowest BCUT2D eigenvalue weighted by atomic mass is 10.0. The third-order valence-electron chi connectivity index (χ3n) is 3.80. The number of cyclic esters (lactones) is 1. The van der Waals surface area contributed by atoms with Crippen LogP contribution in [0.25, 0.3) is 17.2 Å². The van der Waals surface area contributed by atoms with E-state index in [0.29, 0.717) is 0 Å². The molecule has 2 atom stereocenters. The second-order valence-corrected chi connectivity index (χ2v) is 5.47. The summed E-state index contributed by atoms with van der Waals surface area (Å²) in [6.07, 6.45) is 7.30. The molecule has 0 aromatic heterocycles. The summed E-state index contributed by atoms with van der Waals surface area (Å²) in [6, 6.07) is 18.8. The Morgan fingerprint density at radius 3 is 2.32 bits per heavy atom. The standard InChI is InChI=1S/C20H18O2/c1-15(19-13-14-20(21)22-19)7-8-16-9-11-18(12-10-16)17-5-3-2-4-6-17/h2-15,19H,1H3/b8-7+. The Labute approximate surface area is 130 Å². The number of carbonyl (C=O) groups is 1. The molecule has 2 aromatic rings. The molecule has 0 amide bonds. The molecular weight excluding hydrogens is 272 g/mol. The third-order valence-corrected chi connectivity index (χ3v) is 3.80. The molecule has 22 heavy (non-hydrogen) atoms. The topological polar surface area (TPSA) is 26.3 Å². The van der Waals surface area contributed by atoms with Gasteiger partial charge in [-0.25, -0.2) is 4.79 Å². The van der Waals surface area contributed by atoms with E-state index >= 15 is 0 Å². The summed E-state index contributed by atoms with van der Waals surface area (Å²) < 4.78 is 5.19. The quantitative estimate of drug-likeness (QED) is 0.776. The van der Waals surface area contributed by atoms with E-state index in [1.807, 2.05) is 31.2 Å². The molecule has 0 saturated carbocycles. The first kappa shape index (κ1) is 14.3. The number of benzene rings is 2. The van der Waals surface area contributed by atoms with Crippen molar-refractivity contribution in [2.75, 3.05) is 0 Å². The molecule has 3 rings (SSSR count). The molecular formula is C20H18O2. The normalized spacial score (nSPS) is 18.6. The summed E-state index contributed by atoms with van der Waals surface area (Å²) in [5.74, 6) is -0.0889. The largest absolute Gasteiger partial charge is 0.454 e. The first-order valence-electron chi connectivity index (χ1n) is 7.45. The average molecular weight is 290 g/mol. The van der Waals surface area contributed by atoms with E-state index in [1.54, 1.807) is 0 Å².